The van der Waals surface area contributed by atoms with E-state index in [0.717, 1.165) is 30.1 Å². The van der Waals surface area contributed by atoms with Gasteiger partial charge in [0.25, 0.3) is 0 Å². The quantitative estimate of drug-likeness (QED) is 0.509. The Hall–Kier alpha value is -2.42. The Balaban J connectivity index is 1.69. The molecular weight excluding hydrogens is 344 g/mol. The fraction of sp³-hybridized carbons (Fsp3) is 0.667. The minimum atomic E-state index is -1.05. The summed E-state index contributed by atoms with van der Waals surface area (Å²) in [7, 11) is 3.77. The Kier molecular flexibility index (Phi) is 5.79. The Morgan fingerprint density at radius 2 is 2.07 bits per heavy atom. The van der Waals surface area contributed by atoms with Gasteiger partial charge in [0.15, 0.2) is 11.8 Å². The van der Waals surface area contributed by atoms with Crippen molar-refractivity contribution in [2.24, 2.45) is 19.1 Å². The molecule has 1 atom stereocenters. The number of rotatable bonds is 6. The topological polar surface area (TPSA) is 105 Å². The molecule has 9 nitrogen and oxygen atoms in total. The molecule has 1 fully saturated rings. The van der Waals surface area contributed by atoms with Crippen LogP contribution in [0.25, 0.3) is 0 Å². The molecule has 1 aliphatic carbocycles. The molecule has 1 unspecified atom stereocenters. The van der Waals surface area contributed by atoms with E-state index in [1.807, 2.05) is 31.8 Å². The molecule has 3 N–H and O–H groups in total. The van der Waals surface area contributed by atoms with Gasteiger partial charge in [-0.2, -0.15) is 5.10 Å². The number of nitrogens with zero attached hydrogens (tertiary/aromatic N) is 6. The molecule has 0 radical (unpaired) electrons. The second-order valence-corrected chi connectivity index (χ2v) is 7.54. The summed E-state index contributed by atoms with van der Waals surface area (Å²) >= 11 is 0. The van der Waals surface area contributed by atoms with Crippen LogP contribution in [0.1, 0.15) is 49.8 Å². The monoisotopic (exact) mass is 374 g/mol. The van der Waals surface area contributed by atoms with Crippen molar-refractivity contribution in [3.05, 3.63) is 29.6 Å². The lowest BCUT2D eigenvalue weighted by Gasteiger charge is -2.25. The Morgan fingerprint density at radius 1 is 1.33 bits per heavy atom. The van der Waals surface area contributed by atoms with Crippen molar-refractivity contribution in [2.45, 2.75) is 57.7 Å². The predicted octanol–water partition coefficient (Wildman–Crippen LogP) is 0.743. The van der Waals surface area contributed by atoms with Gasteiger partial charge in [-0.15, -0.1) is 10.2 Å². The van der Waals surface area contributed by atoms with Gasteiger partial charge in [-0.3, -0.25) is 4.68 Å². The summed E-state index contributed by atoms with van der Waals surface area (Å²) in [5.74, 6) is 2.35. The van der Waals surface area contributed by atoms with Crippen LogP contribution in [0.3, 0.4) is 0 Å². The zero-order valence-electron chi connectivity index (χ0n) is 16.6. The van der Waals surface area contributed by atoms with Gasteiger partial charge in [-0.1, -0.05) is 12.8 Å². The number of aliphatic hydroxyl groups is 1. The van der Waals surface area contributed by atoms with E-state index in [2.05, 4.69) is 30.9 Å². The summed E-state index contributed by atoms with van der Waals surface area (Å²) in [6.45, 7) is 4.45. The molecule has 0 aromatic carbocycles. The van der Waals surface area contributed by atoms with Gasteiger partial charge in [0, 0.05) is 31.9 Å². The predicted molar refractivity (Wildman–Crippen MR) is 103 cm³/mol. The third-order valence-electron chi connectivity index (χ3n) is 5.18. The van der Waals surface area contributed by atoms with Crippen LogP contribution in [0.4, 0.5) is 0 Å². The lowest BCUT2D eigenvalue weighted by Crippen LogP contribution is -2.47. The van der Waals surface area contributed by atoms with Gasteiger partial charge < -0.3 is 20.3 Å². The molecule has 2 aromatic heterocycles. The van der Waals surface area contributed by atoms with Crippen molar-refractivity contribution >= 4 is 5.96 Å². The first kappa shape index (κ1) is 19.3. The van der Waals surface area contributed by atoms with Crippen molar-refractivity contribution in [1.29, 1.82) is 0 Å². The number of hydrogen-bond acceptors (Lipinski definition) is 5. The number of aliphatic imine (C=N–C) groups is 1. The minimum absolute atomic E-state index is 0.328. The first-order chi connectivity index (χ1) is 12.8. The van der Waals surface area contributed by atoms with Crippen LogP contribution in [0.15, 0.2) is 17.4 Å². The van der Waals surface area contributed by atoms with Gasteiger partial charge in [0.2, 0.25) is 0 Å². The Labute approximate surface area is 159 Å². The van der Waals surface area contributed by atoms with E-state index in [0.29, 0.717) is 25.1 Å². The molecule has 27 heavy (non-hydrogen) atoms. The van der Waals surface area contributed by atoms with Crippen molar-refractivity contribution in [1.82, 2.24) is 35.2 Å². The summed E-state index contributed by atoms with van der Waals surface area (Å²) in [5.41, 5.74) is -0.282. The van der Waals surface area contributed by atoms with E-state index in [4.69, 9.17) is 0 Å². The smallest absolute Gasteiger partial charge is 0.192 e. The van der Waals surface area contributed by atoms with E-state index in [-0.39, 0.29) is 0 Å². The molecule has 1 aliphatic rings. The molecule has 0 spiro atoms. The third-order valence-corrected chi connectivity index (χ3v) is 5.18. The van der Waals surface area contributed by atoms with E-state index < -0.39 is 5.60 Å². The molecule has 0 amide bonds. The van der Waals surface area contributed by atoms with Gasteiger partial charge >= 0.3 is 0 Å². The Morgan fingerprint density at radius 3 is 2.67 bits per heavy atom. The highest BCUT2D eigenvalue weighted by Crippen LogP contribution is 2.19. The molecule has 2 heterocycles. The first-order valence-electron chi connectivity index (χ1n) is 9.46. The SMILES string of the molecule is Cc1nnc(CN=C(NCC(C)(O)c2cnn(C)c2)NC2CCCC2)n1C. The van der Waals surface area contributed by atoms with Crippen LogP contribution >= 0.6 is 0 Å². The third kappa shape index (κ3) is 4.85. The highest BCUT2D eigenvalue weighted by atomic mass is 16.3. The number of guanidine groups is 1. The molecular formula is C18H30N8O. The van der Waals surface area contributed by atoms with Crippen LogP contribution in [0.5, 0.6) is 0 Å². The number of aromatic nitrogens is 5. The average molecular weight is 374 g/mol. The second kappa shape index (κ2) is 8.08. The normalized spacial score (nSPS) is 17.9. The van der Waals surface area contributed by atoms with Crippen molar-refractivity contribution < 1.29 is 5.11 Å². The van der Waals surface area contributed by atoms with Gasteiger partial charge in [0.1, 0.15) is 18.0 Å². The fourth-order valence-corrected chi connectivity index (χ4v) is 3.21. The maximum atomic E-state index is 10.8. The van der Waals surface area contributed by atoms with Crippen molar-refractivity contribution in [2.75, 3.05) is 6.54 Å². The van der Waals surface area contributed by atoms with Crippen LogP contribution in [0.2, 0.25) is 0 Å². The first-order valence-corrected chi connectivity index (χ1v) is 9.46. The molecule has 1 saturated carbocycles. The summed E-state index contributed by atoms with van der Waals surface area (Å²) < 4.78 is 3.62. The maximum absolute atomic E-state index is 10.8. The average Bonchev–Trinajstić information content (AvgIpc) is 3.35. The van der Waals surface area contributed by atoms with Crippen LogP contribution < -0.4 is 10.6 Å². The Bertz CT molecular complexity index is 785. The largest absolute Gasteiger partial charge is 0.383 e. The highest BCUT2D eigenvalue weighted by molar-refractivity contribution is 5.80. The molecule has 148 valence electrons. The van der Waals surface area contributed by atoms with Crippen LogP contribution in [-0.4, -0.2) is 48.2 Å². The number of aryl methyl sites for hydroxylation is 2. The lowest BCUT2D eigenvalue weighted by atomic mass is 10.00. The summed E-state index contributed by atoms with van der Waals surface area (Å²) in [6, 6.07) is 0.417. The molecule has 0 aliphatic heterocycles. The minimum Gasteiger partial charge on any atom is -0.383 e. The molecule has 0 bridgehead atoms. The van der Waals surface area contributed by atoms with Gasteiger partial charge in [-0.25, -0.2) is 4.99 Å². The highest BCUT2D eigenvalue weighted by Gasteiger charge is 2.26. The number of hydrogen-bond donors (Lipinski definition) is 3. The van der Waals surface area contributed by atoms with Crippen molar-refractivity contribution in [3.63, 3.8) is 0 Å². The molecule has 2 aromatic rings. The number of nitrogens with one attached hydrogen (secondary N) is 2. The van der Waals surface area contributed by atoms with E-state index >= 15 is 0 Å². The van der Waals surface area contributed by atoms with Crippen LogP contribution in [-0.2, 0) is 26.2 Å². The zero-order chi connectivity index (χ0) is 19.4. The fourth-order valence-electron chi connectivity index (χ4n) is 3.21. The summed E-state index contributed by atoms with van der Waals surface area (Å²) in [6.07, 6.45) is 8.27. The molecule has 0 saturated heterocycles. The summed E-state index contributed by atoms with van der Waals surface area (Å²) in [4.78, 5) is 4.67. The second-order valence-electron chi connectivity index (χ2n) is 7.54. The van der Waals surface area contributed by atoms with E-state index in [1.165, 1.54) is 12.8 Å². The van der Waals surface area contributed by atoms with E-state index in [9.17, 15) is 5.11 Å². The van der Waals surface area contributed by atoms with Gasteiger partial charge in [-0.05, 0) is 26.7 Å². The van der Waals surface area contributed by atoms with Gasteiger partial charge in [0.05, 0.1) is 12.7 Å². The molecule has 3 rings (SSSR count). The zero-order valence-corrected chi connectivity index (χ0v) is 16.6. The van der Waals surface area contributed by atoms with E-state index in [1.54, 1.807) is 17.8 Å². The molecule has 9 heteroatoms. The maximum Gasteiger partial charge on any atom is 0.192 e. The standard InChI is InChI=1S/C18H30N8O/c1-13-23-24-16(26(13)4)10-19-17(22-15-7-5-6-8-15)20-12-18(2,27)14-9-21-25(3)11-14/h9,11,15,27H,5-8,10,12H2,1-4H3,(H2,19,20,22). The van der Waals surface area contributed by atoms with Crippen LogP contribution in [0, 0.1) is 6.92 Å². The van der Waals surface area contributed by atoms with Crippen molar-refractivity contribution in [3.8, 4) is 0 Å². The lowest BCUT2D eigenvalue weighted by molar-refractivity contribution is 0.0615. The summed E-state index contributed by atoms with van der Waals surface area (Å²) in [5, 5.41) is 30.0.